The Kier molecular flexibility index (Phi) is 4.77. The lowest BCUT2D eigenvalue weighted by Crippen LogP contribution is -2.30. The van der Waals surface area contributed by atoms with Crippen molar-refractivity contribution in [1.82, 2.24) is 14.6 Å². The molecule has 5 rings (SSSR count). The van der Waals surface area contributed by atoms with Gasteiger partial charge in [-0.1, -0.05) is 25.0 Å². The van der Waals surface area contributed by atoms with Gasteiger partial charge in [-0.3, -0.25) is 14.5 Å². The zero-order valence-corrected chi connectivity index (χ0v) is 17.2. The highest BCUT2D eigenvalue weighted by molar-refractivity contribution is 6.22. The SMILES string of the molecule is CCOC(=O)c1cnn2c(-c3cccc(N4C(=O)C5CCCCC5C4=O)c3)ccnc12. The molecule has 8 nitrogen and oxygen atoms in total. The van der Waals surface area contributed by atoms with Gasteiger partial charge < -0.3 is 4.74 Å². The summed E-state index contributed by atoms with van der Waals surface area (Å²) in [7, 11) is 0. The standard InChI is InChI=1S/C23H22N4O4/c1-2-31-23(30)18-13-25-27-19(10-11-24-20(18)27)14-6-5-7-15(12-14)26-21(28)16-8-3-4-9-17(16)22(26)29/h5-7,10-13,16-17H,2-4,8-9H2,1H3. The monoisotopic (exact) mass is 418 g/mol. The smallest absolute Gasteiger partial charge is 0.343 e. The van der Waals surface area contributed by atoms with Crippen molar-refractivity contribution in [3.05, 3.63) is 48.3 Å². The Morgan fingerprint density at radius 3 is 2.58 bits per heavy atom. The topological polar surface area (TPSA) is 93.9 Å². The molecule has 2 amide bonds. The molecule has 3 heterocycles. The van der Waals surface area contributed by atoms with Crippen molar-refractivity contribution in [2.45, 2.75) is 32.6 Å². The first kappa shape index (κ1) is 19.4. The van der Waals surface area contributed by atoms with E-state index in [0.29, 0.717) is 17.0 Å². The van der Waals surface area contributed by atoms with Gasteiger partial charge in [0, 0.05) is 11.8 Å². The van der Waals surface area contributed by atoms with E-state index in [-0.39, 0.29) is 35.8 Å². The van der Waals surface area contributed by atoms with Crippen LogP contribution >= 0.6 is 0 Å². The average molecular weight is 418 g/mol. The van der Waals surface area contributed by atoms with Crippen LogP contribution in [0.15, 0.2) is 42.7 Å². The van der Waals surface area contributed by atoms with E-state index in [1.807, 2.05) is 18.2 Å². The number of nitrogens with zero attached hydrogens (tertiary/aromatic N) is 4. The van der Waals surface area contributed by atoms with Crippen molar-refractivity contribution < 1.29 is 19.1 Å². The molecule has 8 heteroatoms. The first-order valence-corrected chi connectivity index (χ1v) is 10.6. The number of ether oxygens (including phenoxy) is 1. The van der Waals surface area contributed by atoms with Gasteiger partial charge in [0.05, 0.1) is 36.0 Å². The second kappa shape index (κ2) is 7.61. The molecular formula is C23H22N4O4. The van der Waals surface area contributed by atoms with Crippen molar-refractivity contribution in [1.29, 1.82) is 0 Å². The van der Waals surface area contributed by atoms with E-state index in [2.05, 4.69) is 10.1 Å². The summed E-state index contributed by atoms with van der Waals surface area (Å²) in [4.78, 5) is 43.8. The van der Waals surface area contributed by atoms with Gasteiger partial charge in [-0.25, -0.2) is 14.3 Å². The van der Waals surface area contributed by atoms with Crippen LogP contribution in [0.2, 0.25) is 0 Å². The third kappa shape index (κ3) is 3.10. The average Bonchev–Trinajstić information content (AvgIpc) is 3.34. The molecular weight excluding hydrogens is 396 g/mol. The van der Waals surface area contributed by atoms with Crippen molar-refractivity contribution in [3.8, 4) is 11.3 Å². The van der Waals surface area contributed by atoms with Crippen LogP contribution in [0, 0.1) is 11.8 Å². The van der Waals surface area contributed by atoms with Crippen LogP contribution < -0.4 is 4.90 Å². The van der Waals surface area contributed by atoms with Crippen molar-refractivity contribution >= 4 is 29.1 Å². The normalized spacial score (nSPS) is 20.9. The quantitative estimate of drug-likeness (QED) is 0.477. The number of rotatable bonds is 4. The Labute approximate surface area is 178 Å². The summed E-state index contributed by atoms with van der Waals surface area (Å²) in [6.45, 7) is 2.00. The maximum Gasteiger partial charge on any atom is 0.343 e. The fourth-order valence-corrected chi connectivity index (χ4v) is 4.68. The van der Waals surface area contributed by atoms with Crippen molar-refractivity contribution in [2.75, 3.05) is 11.5 Å². The lowest BCUT2D eigenvalue weighted by Gasteiger charge is -2.19. The minimum Gasteiger partial charge on any atom is -0.462 e. The number of carbonyl (C=O) groups excluding carboxylic acids is 3. The Morgan fingerprint density at radius 1 is 1.13 bits per heavy atom. The molecule has 3 aromatic rings. The molecule has 31 heavy (non-hydrogen) atoms. The minimum atomic E-state index is -0.480. The second-order valence-corrected chi connectivity index (χ2v) is 7.90. The largest absolute Gasteiger partial charge is 0.462 e. The van der Waals surface area contributed by atoms with Gasteiger partial charge in [0.1, 0.15) is 5.56 Å². The highest BCUT2D eigenvalue weighted by Crippen LogP contribution is 2.40. The van der Waals surface area contributed by atoms with E-state index in [1.54, 1.807) is 29.8 Å². The summed E-state index contributed by atoms with van der Waals surface area (Å²) >= 11 is 0. The summed E-state index contributed by atoms with van der Waals surface area (Å²) < 4.78 is 6.65. The highest BCUT2D eigenvalue weighted by Gasteiger charge is 2.48. The number of hydrogen-bond donors (Lipinski definition) is 0. The van der Waals surface area contributed by atoms with Crippen molar-refractivity contribution in [2.24, 2.45) is 11.8 Å². The van der Waals surface area contributed by atoms with E-state index < -0.39 is 5.97 Å². The molecule has 1 aliphatic heterocycles. The number of anilines is 1. The van der Waals surface area contributed by atoms with Gasteiger partial charge in [0.25, 0.3) is 0 Å². The first-order chi connectivity index (χ1) is 15.1. The Morgan fingerprint density at radius 2 is 1.87 bits per heavy atom. The summed E-state index contributed by atoms with van der Waals surface area (Å²) in [6.07, 6.45) is 6.57. The molecule has 2 aliphatic rings. The summed E-state index contributed by atoms with van der Waals surface area (Å²) in [5.41, 5.74) is 2.69. The molecule has 0 radical (unpaired) electrons. The fourth-order valence-electron chi connectivity index (χ4n) is 4.68. The van der Waals surface area contributed by atoms with E-state index in [0.717, 1.165) is 31.2 Å². The second-order valence-electron chi connectivity index (χ2n) is 7.90. The van der Waals surface area contributed by atoms with Crippen molar-refractivity contribution in [3.63, 3.8) is 0 Å². The van der Waals surface area contributed by atoms with Crippen LogP contribution in [0.5, 0.6) is 0 Å². The van der Waals surface area contributed by atoms with E-state index in [1.165, 1.54) is 11.1 Å². The first-order valence-electron chi connectivity index (χ1n) is 10.6. The number of fused-ring (bicyclic) bond motifs is 2. The number of benzene rings is 1. The van der Waals surface area contributed by atoms with Crippen LogP contribution in [0.4, 0.5) is 5.69 Å². The van der Waals surface area contributed by atoms with Gasteiger partial charge in [-0.2, -0.15) is 5.10 Å². The molecule has 0 N–H and O–H groups in total. The minimum absolute atomic E-state index is 0.101. The van der Waals surface area contributed by atoms with Crippen LogP contribution in [0.25, 0.3) is 16.9 Å². The van der Waals surface area contributed by atoms with Crippen LogP contribution in [-0.2, 0) is 14.3 Å². The molecule has 1 saturated carbocycles. The predicted octanol–water partition coefficient (Wildman–Crippen LogP) is 3.25. The molecule has 2 atom stereocenters. The highest BCUT2D eigenvalue weighted by atomic mass is 16.5. The van der Waals surface area contributed by atoms with Gasteiger partial charge in [-0.05, 0) is 38.0 Å². The van der Waals surface area contributed by atoms with E-state index >= 15 is 0 Å². The molecule has 1 aliphatic carbocycles. The summed E-state index contributed by atoms with van der Waals surface area (Å²) in [5.74, 6) is -1.08. The number of amides is 2. The molecule has 2 aromatic heterocycles. The van der Waals surface area contributed by atoms with Crippen LogP contribution in [0.1, 0.15) is 43.0 Å². The molecule has 1 saturated heterocycles. The van der Waals surface area contributed by atoms with E-state index in [9.17, 15) is 14.4 Å². The maximum atomic E-state index is 13.0. The Bertz CT molecular complexity index is 1180. The molecule has 1 aromatic carbocycles. The van der Waals surface area contributed by atoms with Gasteiger partial charge in [0.2, 0.25) is 11.8 Å². The predicted molar refractivity (Wildman–Crippen MR) is 112 cm³/mol. The van der Waals surface area contributed by atoms with Crippen LogP contribution in [-0.4, -0.2) is 39.0 Å². The number of hydrogen-bond acceptors (Lipinski definition) is 6. The molecule has 158 valence electrons. The zero-order valence-electron chi connectivity index (χ0n) is 17.2. The third-order valence-electron chi connectivity index (χ3n) is 6.14. The Hall–Kier alpha value is -3.55. The van der Waals surface area contributed by atoms with Gasteiger partial charge >= 0.3 is 5.97 Å². The third-order valence-corrected chi connectivity index (χ3v) is 6.14. The number of imide groups is 1. The lowest BCUT2D eigenvalue weighted by atomic mass is 9.81. The molecule has 2 fully saturated rings. The fraction of sp³-hybridized carbons (Fsp3) is 0.348. The lowest BCUT2D eigenvalue weighted by molar-refractivity contribution is -0.122. The summed E-state index contributed by atoms with van der Waals surface area (Å²) in [5, 5.41) is 4.32. The maximum absolute atomic E-state index is 13.0. The van der Waals surface area contributed by atoms with E-state index in [4.69, 9.17) is 4.74 Å². The molecule has 0 spiro atoms. The number of aromatic nitrogens is 3. The zero-order chi connectivity index (χ0) is 21.5. The number of carbonyl (C=O) groups is 3. The van der Waals surface area contributed by atoms with Gasteiger partial charge in [-0.15, -0.1) is 0 Å². The Balaban J connectivity index is 1.54. The molecule has 2 unspecified atom stereocenters. The number of esters is 1. The van der Waals surface area contributed by atoms with Gasteiger partial charge in [0.15, 0.2) is 5.65 Å². The molecule has 0 bridgehead atoms. The summed E-state index contributed by atoms with van der Waals surface area (Å²) in [6, 6.07) is 9.06. The van der Waals surface area contributed by atoms with Crippen LogP contribution in [0.3, 0.4) is 0 Å².